The molecule has 6 nitrogen and oxygen atoms in total. The summed E-state index contributed by atoms with van der Waals surface area (Å²) in [6.07, 6.45) is 1.59. The molecule has 7 heteroatoms. The summed E-state index contributed by atoms with van der Waals surface area (Å²) in [7, 11) is 1.40. The van der Waals surface area contributed by atoms with Gasteiger partial charge in [-0.1, -0.05) is 41.6 Å². The van der Waals surface area contributed by atoms with Crippen molar-refractivity contribution in [3.63, 3.8) is 0 Å². The van der Waals surface area contributed by atoms with Crippen molar-refractivity contribution in [2.75, 3.05) is 7.11 Å². The van der Waals surface area contributed by atoms with Gasteiger partial charge in [-0.05, 0) is 30.2 Å². The zero-order valence-corrected chi connectivity index (χ0v) is 14.5. The van der Waals surface area contributed by atoms with E-state index in [1.807, 2.05) is 30.3 Å². The molecule has 1 heterocycles. The maximum absolute atomic E-state index is 13.8. The maximum Gasteiger partial charge on any atom is 0.273 e. The molecule has 0 spiro atoms. The second-order valence-corrected chi connectivity index (χ2v) is 5.88. The molecule has 0 aliphatic heterocycles. The molecule has 1 aromatic heterocycles. The van der Waals surface area contributed by atoms with Crippen LogP contribution in [-0.2, 0) is 6.54 Å². The van der Waals surface area contributed by atoms with Crippen LogP contribution in [0.4, 0.5) is 4.39 Å². The molecular weight excluding hydrogens is 335 g/mol. The molecular formula is C19H19FN4O2. The number of hydrogen-bond donors (Lipinski definition) is 1. The first-order chi connectivity index (χ1) is 12.6. The lowest BCUT2D eigenvalue weighted by atomic mass is 10.1. The van der Waals surface area contributed by atoms with E-state index in [0.29, 0.717) is 12.1 Å². The van der Waals surface area contributed by atoms with Gasteiger partial charge in [-0.15, -0.1) is 5.10 Å². The molecule has 3 aromatic rings. The minimum atomic E-state index is -0.472. The number of nitrogens with one attached hydrogen (secondary N) is 1. The van der Waals surface area contributed by atoms with Crippen molar-refractivity contribution >= 4 is 5.91 Å². The minimum absolute atomic E-state index is 0.163. The highest BCUT2D eigenvalue weighted by atomic mass is 19.1. The van der Waals surface area contributed by atoms with Crippen LogP contribution in [0.25, 0.3) is 0 Å². The van der Waals surface area contributed by atoms with Gasteiger partial charge < -0.3 is 10.1 Å². The van der Waals surface area contributed by atoms with Gasteiger partial charge in [0, 0.05) is 0 Å². The van der Waals surface area contributed by atoms with Crippen LogP contribution in [0.1, 0.15) is 34.6 Å². The van der Waals surface area contributed by atoms with Crippen molar-refractivity contribution in [3.8, 4) is 5.75 Å². The molecule has 0 bridgehead atoms. The van der Waals surface area contributed by atoms with Crippen molar-refractivity contribution in [1.29, 1.82) is 0 Å². The largest absolute Gasteiger partial charge is 0.494 e. The van der Waals surface area contributed by atoms with Crippen LogP contribution in [-0.4, -0.2) is 28.0 Å². The number of halogens is 1. The third-order valence-electron chi connectivity index (χ3n) is 3.98. The predicted octanol–water partition coefficient (Wildman–Crippen LogP) is 2.97. The number of methoxy groups -OCH3 is 1. The summed E-state index contributed by atoms with van der Waals surface area (Å²) in [5.74, 6) is -0.677. The summed E-state index contributed by atoms with van der Waals surface area (Å²) in [5.41, 5.74) is 1.90. The van der Waals surface area contributed by atoms with Gasteiger partial charge in [-0.25, -0.2) is 9.07 Å². The van der Waals surface area contributed by atoms with Gasteiger partial charge >= 0.3 is 0 Å². The summed E-state index contributed by atoms with van der Waals surface area (Å²) in [6.45, 7) is 2.30. The first kappa shape index (κ1) is 17.6. The van der Waals surface area contributed by atoms with Crippen molar-refractivity contribution in [2.45, 2.75) is 19.5 Å². The standard InChI is InChI=1S/C19H19FN4O2/c1-13(15-8-9-18(26-2)16(20)10-15)21-19(25)17-12-24(23-22-17)11-14-6-4-3-5-7-14/h3-10,12-13H,11H2,1-2H3,(H,21,25)/t13-/m1/s1. The summed E-state index contributed by atoms with van der Waals surface area (Å²) in [6, 6.07) is 14.0. The molecule has 134 valence electrons. The van der Waals surface area contributed by atoms with E-state index in [9.17, 15) is 9.18 Å². The third-order valence-corrected chi connectivity index (χ3v) is 3.98. The van der Waals surface area contributed by atoms with Gasteiger partial charge in [-0.3, -0.25) is 4.79 Å². The Balaban J connectivity index is 1.65. The fraction of sp³-hybridized carbons (Fsp3) is 0.211. The van der Waals surface area contributed by atoms with Crippen LogP contribution in [0.3, 0.4) is 0 Å². The Morgan fingerprint density at radius 1 is 1.27 bits per heavy atom. The lowest BCUT2D eigenvalue weighted by Crippen LogP contribution is -2.27. The molecule has 3 rings (SSSR count). The van der Waals surface area contributed by atoms with Crippen LogP contribution in [0.5, 0.6) is 5.75 Å². The lowest BCUT2D eigenvalue weighted by Gasteiger charge is -2.14. The maximum atomic E-state index is 13.8. The number of hydrogen-bond acceptors (Lipinski definition) is 4. The average Bonchev–Trinajstić information content (AvgIpc) is 3.11. The number of amides is 1. The normalized spacial score (nSPS) is 11.8. The van der Waals surface area contributed by atoms with Crippen molar-refractivity contribution in [3.05, 3.63) is 77.4 Å². The molecule has 0 radical (unpaired) electrons. The fourth-order valence-corrected chi connectivity index (χ4v) is 2.56. The zero-order chi connectivity index (χ0) is 18.5. The van der Waals surface area contributed by atoms with E-state index < -0.39 is 5.82 Å². The minimum Gasteiger partial charge on any atom is -0.494 e. The smallest absolute Gasteiger partial charge is 0.273 e. The van der Waals surface area contributed by atoms with Crippen LogP contribution in [0.2, 0.25) is 0 Å². The van der Waals surface area contributed by atoms with E-state index in [1.165, 1.54) is 19.2 Å². The fourth-order valence-electron chi connectivity index (χ4n) is 2.56. The van der Waals surface area contributed by atoms with Crippen LogP contribution < -0.4 is 10.1 Å². The van der Waals surface area contributed by atoms with Gasteiger partial charge in [0.1, 0.15) is 0 Å². The number of aromatic nitrogens is 3. The quantitative estimate of drug-likeness (QED) is 0.739. The van der Waals surface area contributed by atoms with Gasteiger partial charge in [0.2, 0.25) is 0 Å². The Bertz CT molecular complexity index is 896. The Labute approximate surface area is 150 Å². The summed E-state index contributed by atoms with van der Waals surface area (Å²) in [5, 5.41) is 10.7. The van der Waals surface area contributed by atoms with E-state index in [0.717, 1.165) is 5.56 Å². The van der Waals surface area contributed by atoms with Crippen LogP contribution in [0.15, 0.2) is 54.7 Å². The highest BCUT2D eigenvalue weighted by Crippen LogP contribution is 2.21. The summed E-state index contributed by atoms with van der Waals surface area (Å²) < 4.78 is 20.3. The second-order valence-electron chi connectivity index (χ2n) is 5.88. The lowest BCUT2D eigenvalue weighted by molar-refractivity contribution is 0.0934. The topological polar surface area (TPSA) is 69.0 Å². The number of benzene rings is 2. The van der Waals surface area contributed by atoms with Gasteiger partial charge in [0.05, 0.1) is 25.9 Å². The average molecular weight is 354 g/mol. The van der Waals surface area contributed by atoms with E-state index in [4.69, 9.17) is 4.74 Å². The molecule has 0 saturated carbocycles. The summed E-state index contributed by atoms with van der Waals surface area (Å²) in [4.78, 5) is 12.4. The Hall–Kier alpha value is -3.22. The molecule has 0 unspecified atom stereocenters. The number of carbonyl (C=O) groups is 1. The van der Waals surface area contributed by atoms with Gasteiger partial charge in [0.15, 0.2) is 17.3 Å². The van der Waals surface area contributed by atoms with Gasteiger partial charge in [0.25, 0.3) is 5.91 Å². The third kappa shape index (κ3) is 4.05. The summed E-state index contributed by atoms with van der Waals surface area (Å²) >= 11 is 0. The Morgan fingerprint density at radius 2 is 2.04 bits per heavy atom. The van der Waals surface area contributed by atoms with E-state index in [-0.39, 0.29) is 23.4 Å². The molecule has 0 fully saturated rings. The number of rotatable bonds is 6. The molecule has 0 saturated heterocycles. The SMILES string of the molecule is COc1ccc([C@@H](C)NC(=O)c2cn(Cc3ccccc3)nn2)cc1F. The second kappa shape index (κ2) is 7.77. The first-order valence-corrected chi connectivity index (χ1v) is 8.15. The van der Waals surface area contributed by atoms with Crippen molar-refractivity contribution < 1.29 is 13.9 Å². The number of carbonyl (C=O) groups excluding carboxylic acids is 1. The van der Waals surface area contributed by atoms with E-state index in [1.54, 1.807) is 23.9 Å². The van der Waals surface area contributed by atoms with Crippen LogP contribution in [0, 0.1) is 5.82 Å². The number of nitrogens with zero attached hydrogens (tertiary/aromatic N) is 3. The monoisotopic (exact) mass is 354 g/mol. The predicted molar refractivity (Wildman–Crippen MR) is 94.4 cm³/mol. The van der Waals surface area contributed by atoms with Crippen LogP contribution >= 0.6 is 0 Å². The number of ether oxygens (including phenoxy) is 1. The molecule has 2 aromatic carbocycles. The molecule has 1 amide bonds. The Morgan fingerprint density at radius 3 is 2.73 bits per heavy atom. The van der Waals surface area contributed by atoms with Crippen molar-refractivity contribution in [1.82, 2.24) is 20.3 Å². The highest BCUT2D eigenvalue weighted by Gasteiger charge is 2.16. The van der Waals surface area contributed by atoms with Gasteiger partial charge in [-0.2, -0.15) is 0 Å². The Kier molecular flexibility index (Phi) is 5.26. The van der Waals surface area contributed by atoms with E-state index >= 15 is 0 Å². The zero-order valence-electron chi connectivity index (χ0n) is 14.5. The molecule has 26 heavy (non-hydrogen) atoms. The molecule has 0 aliphatic carbocycles. The first-order valence-electron chi connectivity index (χ1n) is 8.15. The van der Waals surface area contributed by atoms with Crippen molar-refractivity contribution in [2.24, 2.45) is 0 Å². The molecule has 1 atom stereocenters. The molecule has 1 N–H and O–H groups in total. The highest BCUT2D eigenvalue weighted by molar-refractivity contribution is 5.92. The molecule has 0 aliphatic rings. The van der Waals surface area contributed by atoms with E-state index in [2.05, 4.69) is 15.6 Å².